The predicted molar refractivity (Wildman–Crippen MR) is 132 cm³/mol. The summed E-state index contributed by atoms with van der Waals surface area (Å²) in [5.74, 6) is 0.614. The molecule has 0 aliphatic heterocycles. The van der Waals surface area contributed by atoms with Gasteiger partial charge in [-0.1, -0.05) is 18.2 Å². The number of hydrogen-bond acceptors (Lipinski definition) is 3. The van der Waals surface area contributed by atoms with Crippen molar-refractivity contribution in [3.8, 4) is 11.1 Å². The summed E-state index contributed by atoms with van der Waals surface area (Å²) in [7, 11) is 0. The van der Waals surface area contributed by atoms with Crippen molar-refractivity contribution in [2.75, 3.05) is 0 Å². The van der Waals surface area contributed by atoms with Gasteiger partial charge >= 0.3 is 0 Å². The maximum Gasteiger partial charge on any atom is 0.253 e. The molecule has 33 heavy (non-hydrogen) atoms. The molecule has 1 amide bonds. The van der Waals surface area contributed by atoms with Crippen LogP contribution in [0.1, 0.15) is 42.6 Å². The van der Waals surface area contributed by atoms with Gasteiger partial charge in [-0.15, -0.1) is 0 Å². The number of hydrogen-bond donors (Lipinski definition) is 2. The number of aromatic nitrogens is 4. The number of H-pyrrole nitrogens is 1. The van der Waals surface area contributed by atoms with Crippen molar-refractivity contribution in [1.82, 2.24) is 24.8 Å². The molecule has 0 saturated carbocycles. The molecule has 0 fully saturated rings. The van der Waals surface area contributed by atoms with Gasteiger partial charge in [0.05, 0.1) is 28.7 Å². The van der Waals surface area contributed by atoms with Gasteiger partial charge in [-0.05, 0) is 75.2 Å². The average molecular weight is 438 g/mol. The molecule has 0 aliphatic carbocycles. The maximum atomic E-state index is 12.6. The molecule has 166 valence electrons. The van der Waals surface area contributed by atoms with Crippen molar-refractivity contribution < 1.29 is 4.79 Å². The molecule has 3 aromatic heterocycles. The van der Waals surface area contributed by atoms with Gasteiger partial charge in [0, 0.05) is 29.0 Å². The fourth-order valence-corrected chi connectivity index (χ4v) is 3.95. The van der Waals surface area contributed by atoms with E-state index in [0.29, 0.717) is 12.1 Å². The zero-order chi connectivity index (χ0) is 23.2. The summed E-state index contributed by atoms with van der Waals surface area (Å²) in [6.45, 7) is 8.65. The van der Waals surface area contributed by atoms with E-state index >= 15 is 0 Å². The fraction of sp³-hybridized carbons (Fsp3) is 0.222. The second-order valence-corrected chi connectivity index (χ2v) is 9.44. The van der Waals surface area contributed by atoms with E-state index in [1.807, 2.05) is 42.1 Å². The number of nitrogens with zero attached hydrogens (tertiary/aromatic N) is 3. The first-order chi connectivity index (χ1) is 15.8. The third-order valence-electron chi connectivity index (χ3n) is 5.84. The number of nitrogens with one attached hydrogen (secondary N) is 2. The normalized spacial score (nSPS) is 11.9. The Balaban J connectivity index is 1.33. The Kier molecular flexibility index (Phi) is 5.01. The van der Waals surface area contributed by atoms with Gasteiger partial charge in [-0.2, -0.15) is 0 Å². The summed E-state index contributed by atoms with van der Waals surface area (Å²) >= 11 is 0. The van der Waals surface area contributed by atoms with Crippen LogP contribution in [0.4, 0.5) is 0 Å². The van der Waals surface area contributed by atoms with Crippen molar-refractivity contribution in [3.63, 3.8) is 0 Å². The van der Waals surface area contributed by atoms with Crippen LogP contribution in [0.2, 0.25) is 0 Å². The zero-order valence-electron chi connectivity index (χ0n) is 19.3. The Bertz CT molecular complexity index is 1490. The number of imidazole rings is 1. The first-order valence-corrected chi connectivity index (χ1v) is 11.1. The average Bonchev–Trinajstić information content (AvgIpc) is 3.44. The number of amides is 1. The van der Waals surface area contributed by atoms with Crippen LogP contribution >= 0.6 is 0 Å². The van der Waals surface area contributed by atoms with E-state index in [9.17, 15) is 4.79 Å². The summed E-state index contributed by atoms with van der Waals surface area (Å²) < 4.78 is 2.04. The molecule has 5 aromatic rings. The second kappa shape index (κ2) is 7.89. The Morgan fingerprint density at radius 3 is 2.48 bits per heavy atom. The van der Waals surface area contributed by atoms with Crippen molar-refractivity contribution in [2.24, 2.45) is 0 Å². The van der Waals surface area contributed by atoms with Crippen molar-refractivity contribution >= 4 is 27.8 Å². The SMILES string of the molecule is Cc1ccc2cc(-c3ccc4nc(CNC(=O)c5ccn(C(C)(C)C)c5)[nH]c4c3)ccc2n1. The Labute approximate surface area is 192 Å². The minimum absolute atomic E-state index is 0.0601. The van der Waals surface area contributed by atoms with Gasteiger partial charge < -0.3 is 14.9 Å². The highest BCUT2D eigenvalue weighted by atomic mass is 16.1. The molecular weight excluding hydrogens is 410 g/mol. The summed E-state index contributed by atoms with van der Waals surface area (Å²) in [6, 6.07) is 18.5. The summed E-state index contributed by atoms with van der Waals surface area (Å²) in [5.41, 5.74) is 6.64. The van der Waals surface area contributed by atoms with Crippen molar-refractivity contribution in [3.05, 3.63) is 84.1 Å². The monoisotopic (exact) mass is 437 g/mol. The van der Waals surface area contributed by atoms with Crippen LogP contribution in [-0.4, -0.2) is 25.4 Å². The molecule has 0 radical (unpaired) electrons. The minimum Gasteiger partial charge on any atom is -0.348 e. The molecule has 0 aliphatic rings. The summed E-state index contributed by atoms with van der Waals surface area (Å²) in [6.07, 6.45) is 3.81. The molecule has 2 N–H and O–H groups in total. The number of pyridine rings is 1. The van der Waals surface area contributed by atoms with E-state index in [2.05, 4.69) is 77.4 Å². The highest BCUT2D eigenvalue weighted by molar-refractivity contribution is 5.94. The lowest BCUT2D eigenvalue weighted by Gasteiger charge is -2.20. The molecule has 0 spiro atoms. The van der Waals surface area contributed by atoms with Crippen LogP contribution in [-0.2, 0) is 12.1 Å². The molecule has 2 aromatic carbocycles. The van der Waals surface area contributed by atoms with E-state index in [0.717, 1.165) is 44.6 Å². The number of fused-ring (bicyclic) bond motifs is 2. The first-order valence-electron chi connectivity index (χ1n) is 11.1. The van der Waals surface area contributed by atoms with Crippen LogP contribution in [0.25, 0.3) is 33.1 Å². The highest BCUT2D eigenvalue weighted by Gasteiger charge is 2.15. The van der Waals surface area contributed by atoms with Gasteiger partial charge in [0.15, 0.2) is 0 Å². The molecule has 6 heteroatoms. The van der Waals surface area contributed by atoms with Gasteiger partial charge in [-0.25, -0.2) is 4.98 Å². The molecule has 0 atom stereocenters. The third-order valence-corrected chi connectivity index (χ3v) is 5.84. The van der Waals surface area contributed by atoms with Crippen molar-refractivity contribution in [1.29, 1.82) is 0 Å². The molecule has 0 bridgehead atoms. The smallest absolute Gasteiger partial charge is 0.253 e. The molecule has 3 heterocycles. The Morgan fingerprint density at radius 2 is 1.73 bits per heavy atom. The summed E-state index contributed by atoms with van der Waals surface area (Å²) in [5, 5.41) is 4.08. The zero-order valence-corrected chi connectivity index (χ0v) is 19.3. The number of benzene rings is 2. The van der Waals surface area contributed by atoms with Gasteiger partial charge in [-0.3, -0.25) is 9.78 Å². The van der Waals surface area contributed by atoms with Crippen LogP contribution in [0, 0.1) is 6.92 Å². The third kappa shape index (κ3) is 4.24. The topological polar surface area (TPSA) is 75.6 Å². The van der Waals surface area contributed by atoms with Crippen LogP contribution in [0.15, 0.2) is 67.0 Å². The fourth-order valence-electron chi connectivity index (χ4n) is 3.95. The number of aromatic amines is 1. The van der Waals surface area contributed by atoms with Crippen LogP contribution < -0.4 is 5.32 Å². The largest absolute Gasteiger partial charge is 0.348 e. The van der Waals surface area contributed by atoms with Gasteiger partial charge in [0.25, 0.3) is 5.91 Å². The van der Waals surface area contributed by atoms with Gasteiger partial charge in [0.2, 0.25) is 0 Å². The van der Waals surface area contributed by atoms with Gasteiger partial charge in [0.1, 0.15) is 5.82 Å². The quantitative estimate of drug-likeness (QED) is 0.386. The van der Waals surface area contributed by atoms with E-state index in [-0.39, 0.29) is 11.4 Å². The highest BCUT2D eigenvalue weighted by Crippen LogP contribution is 2.26. The minimum atomic E-state index is -0.112. The lowest BCUT2D eigenvalue weighted by atomic mass is 10.0. The number of rotatable bonds is 4. The predicted octanol–water partition coefficient (Wildman–Crippen LogP) is 5.57. The number of carbonyl (C=O) groups excluding carboxylic acids is 1. The van der Waals surface area contributed by atoms with Crippen molar-refractivity contribution in [2.45, 2.75) is 39.8 Å². The number of aryl methyl sites for hydroxylation is 1. The molecule has 0 unspecified atom stereocenters. The summed E-state index contributed by atoms with van der Waals surface area (Å²) in [4.78, 5) is 25.1. The second-order valence-electron chi connectivity index (χ2n) is 9.44. The first kappa shape index (κ1) is 20.9. The Hall–Kier alpha value is -3.93. The lowest BCUT2D eigenvalue weighted by molar-refractivity contribution is 0.0950. The molecule has 0 saturated heterocycles. The van der Waals surface area contributed by atoms with E-state index in [1.165, 1.54) is 0 Å². The molecular formula is C27H27N5O. The number of carbonyl (C=O) groups is 1. The Morgan fingerprint density at radius 1 is 0.970 bits per heavy atom. The maximum absolute atomic E-state index is 12.6. The van der Waals surface area contributed by atoms with Crippen LogP contribution in [0.3, 0.4) is 0 Å². The standard InChI is InChI=1S/C27H27N5O/c1-17-5-6-20-13-18(7-9-22(20)29-17)19-8-10-23-24(14-19)31-25(30-23)15-28-26(33)21-11-12-32(16-21)27(2,3)4/h5-14,16H,15H2,1-4H3,(H,28,33)(H,30,31). The van der Waals surface area contributed by atoms with E-state index in [4.69, 9.17) is 0 Å². The van der Waals surface area contributed by atoms with Crippen LogP contribution in [0.5, 0.6) is 0 Å². The lowest BCUT2D eigenvalue weighted by Crippen LogP contribution is -2.24. The molecule has 6 nitrogen and oxygen atoms in total. The molecule has 5 rings (SSSR count). The van der Waals surface area contributed by atoms with E-state index in [1.54, 1.807) is 0 Å². The van der Waals surface area contributed by atoms with E-state index < -0.39 is 0 Å².